The first-order valence-corrected chi connectivity index (χ1v) is 11.4. The Morgan fingerprint density at radius 1 is 0.844 bits per heavy atom. The van der Waals surface area contributed by atoms with Crippen LogP contribution in [0.4, 0.5) is 11.4 Å². The molecule has 1 saturated heterocycles. The molecule has 0 N–H and O–H groups in total. The number of hydrogen-bond donors (Lipinski definition) is 0. The highest BCUT2D eigenvalue weighted by atomic mass is 16.2. The summed E-state index contributed by atoms with van der Waals surface area (Å²) in [6.45, 7) is 5.02. The zero-order valence-electron chi connectivity index (χ0n) is 19.4. The standard InChI is InChI=1S/C28H33N3O/c1-22-9-13-26(14-10-22)31(28(32)24-7-5-4-6-8-24)27-17-19-30(20-18-27)21-23-11-15-25(16-12-23)29(2)3/h4-16,27H,17-21H2,1-3H3. The second-order valence-corrected chi connectivity index (χ2v) is 8.94. The molecule has 4 heteroatoms. The number of piperidine rings is 1. The number of hydrogen-bond acceptors (Lipinski definition) is 3. The first-order chi connectivity index (χ1) is 15.5. The molecule has 4 rings (SSSR count). The Hall–Kier alpha value is -3.11. The molecule has 0 saturated carbocycles. The summed E-state index contributed by atoms with van der Waals surface area (Å²) < 4.78 is 0. The summed E-state index contributed by atoms with van der Waals surface area (Å²) in [6.07, 6.45) is 1.95. The predicted octanol–water partition coefficient (Wildman–Crippen LogP) is 5.37. The molecule has 0 radical (unpaired) electrons. The van der Waals surface area contributed by atoms with E-state index < -0.39 is 0 Å². The van der Waals surface area contributed by atoms with Gasteiger partial charge in [-0.05, 0) is 61.7 Å². The monoisotopic (exact) mass is 427 g/mol. The number of nitrogens with zero attached hydrogens (tertiary/aromatic N) is 3. The lowest BCUT2D eigenvalue weighted by atomic mass is 10.00. The maximum Gasteiger partial charge on any atom is 0.258 e. The summed E-state index contributed by atoms with van der Waals surface area (Å²) in [5.74, 6) is 0.0900. The van der Waals surface area contributed by atoms with E-state index in [1.165, 1.54) is 16.8 Å². The molecule has 3 aromatic rings. The van der Waals surface area contributed by atoms with E-state index in [-0.39, 0.29) is 11.9 Å². The van der Waals surface area contributed by atoms with E-state index in [0.717, 1.165) is 43.7 Å². The van der Waals surface area contributed by atoms with E-state index >= 15 is 0 Å². The highest BCUT2D eigenvalue weighted by molar-refractivity contribution is 6.06. The normalized spacial score (nSPS) is 14.8. The van der Waals surface area contributed by atoms with Crippen LogP contribution in [0.1, 0.15) is 34.3 Å². The highest BCUT2D eigenvalue weighted by Gasteiger charge is 2.29. The lowest BCUT2D eigenvalue weighted by Crippen LogP contribution is -2.47. The number of amides is 1. The van der Waals surface area contributed by atoms with E-state index in [9.17, 15) is 4.79 Å². The fourth-order valence-corrected chi connectivity index (χ4v) is 4.41. The number of carbonyl (C=O) groups is 1. The fourth-order valence-electron chi connectivity index (χ4n) is 4.41. The Labute approximate surface area is 192 Å². The summed E-state index contributed by atoms with van der Waals surface area (Å²) in [5.41, 5.74) is 5.50. The van der Waals surface area contributed by atoms with Crippen LogP contribution in [0, 0.1) is 6.92 Å². The average molecular weight is 428 g/mol. The van der Waals surface area contributed by atoms with Gasteiger partial charge in [-0.2, -0.15) is 0 Å². The summed E-state index contributed by atoms with van der Waals surface area (Å²) in [7, 11) is 4.13. The Morgan fingerprint density at radius 3 is 2.03 bits per heavy atom. The van der Waals surface area contributed by atoms with E-state index in [4.69, 9.17) is 0 Å². The van der Waals surface area contributed by atoms with E-state index in [2.05, 4.69) is 79.3 Å². The third-order valence-corrected chi connectivity index (χ3v) is 6.33. The van der Waals surface area contributed by atoms with Gasteiger partial charge in [0.1, 0.15) is 0 Å². The zero-order chi connectivity index (χ0) is 22.5. The van der Waals surface area contributed by atoms with Crippen LogP contribution in [-0.4, -0.2) is 44.0 Å². The molecule has 1 fully saturated rings. The largest absolute Gasteiger partial charge is 0.378 e. The first-order valence-electron chi connectivity index (χ1n) is 11.4. The third kappa shape index (κ3) is 5.20. The molecule has 0 atom stereocenters. The van der Waals surface area contributed by atoms with Gasteiger partial charge in [0.05, 0.1) is 0 Å². The van der Waals surface area contributed by atoms with Gasteiger partial charge in [-0.25, -0.2) is 0 Å². The van der Waals surface area contributed by atoms with Crippen molar-refractivity contribution in [3.63, 3.8) is 0 Å². The quantitative estimate of drug-likeness (QED) is 0.529. The van der Waals surface area contributed by atoms with Crippen molar-refractivity contribution in [2.45, 2.75) is 32.4 Å². The van der Waals surface area contributed by atoms with Crippen LogP contribution in [0.2, 0.25) is 0 Å². The van der Waals surface area contributed by atoms with Crippen LogP contribution in [0.25, 0.3) is 0 Å². The number of carbonyl (C=O) groups excluding carboxylic acids is 1. The number of rotatable bonds is 6. The van der Waals surface area contributed by atoms with Crippen molar-refractivity contribution in [1.29, 1.82) is 0 Å². The lowest BCUT2D eigenvalue weighted by Gasteiger charge is -2.38. The van der Waals surface area contributed by atoms with Gasteiger partial charge in [-0.1, -0.05) is 48.0 Å². The molecule has 1 amide bonds. The molecule has 32 heavy (non-hydrogen) atoms. The van der Waals surface area contributed by atoms with Crippen LogP contribution in [-0.2, 0) is 6.54 Å². The third-order valence-electron chi connectivity index (χ3n) is 6.33. The van der Waals surface area contributed by atoms with Gasteiger partial charge < -0.3 is 9.80 Å². The smallest absolute Gasteiger partial charge is 0.258 e. The molecule has 0 spiro atoms. The SMILES string of the molecule is Cc1ccc(N(C(=O)c2ccccc2)C2CCN(Cc3ccc(N(C)C)cc3)CC2)cc1. The van der Waals surface area contributed by atoms with E-state index in [1.54, 1.807) is 0 Å². The minimum absolute atomic E-state index is 0.0900. The van der Waals surface area contributed by atoms with Gasteiger partial charge >= 0.3 is 0 Å². The number of benzene rings is 3. The molecule has 0 aliphatic carbocycles. The summed E-state index contributed by atoms with van der Waals surface area (Å²) in [5, 5.41) is 0. The van der Waals surface area contributed by atoms with Crippen LogP contribution in [0.3, 0.4) is 0 Å². The van der Waals surface area contributed by atoms with Crippen LogP contribution >= 0.6 is 0 Å². The predicted molar refractivity (Wildman–Crippen MR) is 133 cm³/mol. The van der Waals surface area contributed by atoms with E-state index in [0.29, 0.717) is 0 Å². The first kappa shape index (κ1) is 22.1. The van der Waals surface area contributed by atoms with Crippen molar-refractivity contribution in [3.8, 4) is 0 Å². The van der Waals surface area contributed by atoms with E-state index in [1.807, 2.05) is 35.2 Å². The Morgan fingerprint density at radius 2 is 1.44 bits per heavy atom. The van der Waals surface area contributed by atoms with Gasteiger partial charge in [0.25, 0.3) is 5.91 Å². The van der Waals surface area contributed by atoms with Crippen LogP contribution < -0.4 is 9.80 Å². The molecule has 1 heterocycles. The summed E-state index contributed by atoms with van der Waals surface area (Å²) >= 11 is 0. The van der Waals surface area contributed by atoms with Gasteiger partial charge in [0.15, 0.2) is 0 Å². The van der Waals surface area contributed by atoms with Crippen molar-refractivity contribution < 1.29 is 4.79 Å². The number of anilines is 2. The maximum absolute atomic E-state index is 13.5. The Balaban J connectivity index is 1.46. The maximum atomic E-state index is 13.5. The summed E-state index contributed by atoms with van der Waals surface area (Å²) in [4.78, 5) is 20.1. The van der Waals surface area contributed by atoms with Crippen LogP contribution in [0.15, 0.2) is 78.9 Å². The molecule has 0 aromatic heterocycles. The van der Waals surface area contributed by atoms with Crippen molar-refractivity contribution in [1.82, 2.24) is 4.90 Å². The number of aryl methyl sites for hydroxylation is 1. The second kappa shape index (κ2) is 10.0. The molecular weight excluding hydrogens is 394 g/mol. The topological polar surface area (TPSA) is 26.8 Å². The Bertz CT molecular complexity index is 1000. The molecule has 0 bridgehead atoms. The minimum atomic E-state index is 0.0900. The van der Waals surface area contributed by atoms with Crippen molar-refractivity contribution in [2.75, 3.05) is 37.0 Å². The second-order valence-electron chi connectivity index (χ2n) is 8.94. The fraction of sp³-hybridized carbons (Fsp3) is 0.321. The summed E-state index contributed by atoms with van der Waals surface area (Å²) in [6, 6.07) is 27.0. The molecule has 1 aliphatic rings. The molecular formula is C28H33N3O. The van der Waals surface area contributed by atoms with Gasteiger partial charge in [-0.15, -0.1) is 0 Å². The van der Waals surface area contributed by atoms with Gasteiger partial charge in [0, 0.05) is 56.7 Å². The lowest BCUT2D eigenvalue weighted by molar-refractivity contribution is 0.0958. The highest BCUT2D eigenvalue weighted by Crippen LogP contribution is 2.27. The average Bonchev–Trinajstić information content (AvgIpc) is 2.82. The number of likely N-dealkylation sites (tertiary alicyclic amines) is 1. The van der Waals surface area contributed by atoms with Gasteiger partial charge in [0.2, 0.25) is 0 Å². The van der Waals surface area contributed by atoms with Crippen LogP contribution in [0.5, 0.6) is 0 Å². The molecule has 3 aromatic carbocycles. The van der Waals surface area contributed by atoms with Crippen molar-refractivity contribution in [3.05, 3.63) is 95.6 Å². The molecule has 4 nitrogen and oxygen atoms in total. The minimum Gasteiger partial charge on any atom is -0.378 e. The van der Waals surface area contributed by atoms with Gasteiger partial charge in [-0.3, -0.25) is 9.69 Å². The molecule has 1 aliphatic heterocycles. The molecule has 166 valence electrons. The van der Waals surface area contributed by atoms with Crippen molar-refractivity contribution in [2.24, 2.45) is 0 Å². The molecule has 0 unspecified atom stereocenters. The Kier molecular flexibility index (Phi) is 6.91. The van der Waals surface area contributed by atoms with Crippen molar-refractivity contribution >= 4 is 17.3 Å². The zero-order valence-corrected chi connectivity index (χ0v) is 19.4.